The lowest BCUT2D eigenvalue weighted by Gasteiger charge is -2.59. The lowest BCUT2D eigenvalue weighted by Crippen LogP contribution is -2.59. The molecule has 10 atom stereocenters. The number of epoxide rings is 1. The summed E-state index contributed by atoms with van der Waals surface area (Å²) in [5.41, 5.74) is 0.390. The van der Waals surface area contributed by atoms with Crippen molar-refractivity contribution >= 4 is 5.78 Å². The lowest BCUT2D eigenvalue weighted by atomic mass is 9.44. The van der Waals surface area contributed by atoms with E-state index in [-0.39, 0.29) is 28.5 Å². The molecule has 0 aromatic rings. The topological polar surface area (TPSA) is 49.8 Å². The van der Waals surface area contributed by atoms with Crippen LogP contribution in [0.4, 0.5) is 0 Å². The van der Waals surface area contributed by atoms with Gasteiger partial charge in [-0.15, -0.1) is 0 Å². The average molecular weight is 347 g/mol. The summed E-state index contributed by atoms with van der Waals surface area (Å²) in [6, 6.07) is 0. The van der Waals surface area contributed by atoms with E-state index < -0.39 is 0 Å². The second kappa shape index (κ2) is 4.90. The number of ketones is 1. The molecule has 5 fully saturated rings. The maximum Gasteiger partial charge on any atom is 0.133 e. The molecule has 0 aromatic heterocycles. The summed E-state index contributed by atoms with van der Waals surface area (Å²) in [4.78, 5) is 12.4. The van der Waals surface area contributed by atoms with E-state index in [4.69, 9.17) is 4.74 Å². The smallest absolute Gasteiger partial charge is 0.133 e. The standard InChI is InChI=1S/C22H34O3/c1-12-9-17(13(2)23)20(3)7-6-16-15(19(12)20)10-18-22(25-18)8-5-14(24)11-21(16,22)4/h12,14-19,24H,5-11H2,1-4H3/t12-,14-,15+,16+,17+,18-,19-,20+,21+,22-/m0/s1. The van der Waals surface area contributed by atoms with Crippen molar-refractivity contribution in [3.8, 4) is 0 Å². The van der Waals surface area contributed by atoms with Gasteiger partial charge in [0.05, 0.1) is 12.2 Å². The van der Waals surface area contributed by atoms with Gasteiger partial charge < -0.3 is 9.84 Å². The Balaban J connectivity index is 1.53. The van der Waals surface area contributed by atoms with Crippen molar-refractivity contribution in [3.05, 3.63) is 0 Å². The Bertz CT molecular complexity index is 616. The number of Topliss-reactive ketones (excluding diaryl/α,β-unsaturated/α-hetero) is 1. The molecule has 5 aliphatic rings. The van der Waals surface area contributed by atoms with Crippen LogP contribution in [-0.4, -0.2) is 28.7 Å². The summed E-state index contributed by atoms with van der Waals surface area (Å²) in [7, 11) is 0. The molecule has 1 saturated heterocycles. The minimum atomic E-state index is -0.154. The molecular formula is C22H34O3. The Kier molecular flexibility index (Phi) is 3.28. The molecule has 3 nitrogen and oxygen atoms in total. The Morgan fingerprint density at radius 2 is 1.92 bits per heavy atom. The molecule has 4 saturated carbocycles. The van der Waals surface area contributed by atoms with E-state index in [0.717, 1.165) is 25.7 Å². The highest BCUT2D eigenvalue weighted by Crippen LogP contribution is 2.74. The van der Waals surface area contributed by atoms with Crippen LogP contribution in [0.1, 0.15) is 72.6 Å². The largest absolute Gasteiger partial charge is 0.393 e. The quantitative estimate of drug-likeness (QED) is 0.731. The van der Waals surface area contributed by atoms with Gasteiger partial charge in [0.25, 0.3) is 0 Å². The minimum Gasteiger partial charge on any atom is -0.393 e. The van der Waals surface area contributed by atoms with Gasteiger partial charge in [-0.1, -0.05) is 20.8 Å². The van der Waals surface area contributed by atoms with Crippen molar-refractivity contribution < 1.29 is 14.6 Å². The van der Waals surface area contributed by atoms with Crippen LogP contribution in [0.5, 0.6) is 0 Å². The molecule has 0 radical (unpaired) electrons. The van der Waals surface area contributed by atoms with Crippen LogP contribution in [0.25, 0.3) is 0 Å². The lowest BCUT2D eigenvalue weighted by molar-refractivity contribution is -0.136. The molecular weight excluding hydrogens is 312 g/mol. The van der Waals surface area contributed by atoms with Crippen LogP contribution in [-0.2, 0) is 9.53 Å². The highest BCUT2D eigenvalue weighted by Gasteiger charge is 2.76. The maximum atomic E-state index is 12.4. The Hall–Kier alpha value is -0.410. The van der Waals surface area contributed by atoms with Gasteiger partial charge in [0.15, 0.2) is 0 Å². The van der Waals surface area contributed by atoms with E-state index >= 15 is 0 Å². The maximum absolute atomic E-state index is 12.4. The van der Waals surface area contributed by atoms with Crippen LogP contribution in [0.15, 0.2) is 0 Å². The Labute approximate surface area is 151 Å². The summed E-state index contributed by atoms with van der Waals surface area (Å²) < 4.78 is 6.43. The third-order valence-electron chi connectivity index (χ3n) is 9.84. The molecule has 25 heavy (non-hydrogen) atoms. The van der Waals surface area contributed by atoms with Gasteiger partial charge in [0.1, 0.15) is 11.4 Å². The van der Waals surface area contributed by atoms with Crippen molar-refractivity contribution in [3.63, 3.8) is 0 Å². The molecule has 1 N–H and O–H groups in total. The summed E-state index contributed by atoms with van der Waals surface area (Å²) in [6.45, 7) is 9.04. The van der Waals surface area contributed by atoms with E-state index in [2.05, 4.69) is 20.8 Å². The number of hydrogen-bond donors (Lipinski definition) is 1. The first-order valence-electron chi connectivity index (χ1n) is 10.6. The third kappa shape index (κ3) is 1.87. The molecule has 1 heterocycles. The minimum absolute atomic E-state index is 0.0724. The molecule has 1 aliphatic heterocycles. The van der Waals surface area contributed by atoms with Crippen molar-refractivity contribution in [1.29, 1.82) is 0 Å². The number of ether oxygens (including phenoxy) is 1. The highest BCUT2D eigenvalue weighted by atomic mass is 16.6. The molecule has 140 valence electrons. The molecule has 0 unspecified atom stereocenters. The van der Waals surface area contributed by atoms with Gasteiger partial charge in [-0.05, 0) is 81.0 Å². The zero-order valence-corrected chi connectivity index (χ0v) is 16.3. The number of hydrogen-bond acceptors (Lipinski definition) is 3. The number of aliphatic hydroxyl groups is 1. The Morgan fingerprint density at radius 1 is 1.16 bits per heavy atom. The fourth-order valence-electron chi connectivity index (χ4n) is 8.91. The molecule has 4 aliphatic carbocycles. The summed E-state index contributed by atoms with van der Waals surface area (Å²) >= 11 is 0. The molecule has 0 amide bonds. The summed E-state index contributed by atoms with van der Waals surface area (Å²) in [5.74, 6) is 3.28. The third-order valence-corrected chi connectivity index (χ3v) is 9.84. The van der Waals surface area contributed by atoms with Crippen LogP contribution in [0.2, 0.25) is 0 Å². The number of fused-ring (bicyclic) bond motifs is 4. The molecule has 3 heteroatoms. The molecule has 5 rings (SSSR count). The van der Waals surface area contributed by atoms with Gasteiger partial charge in [0, 0.05) is 11.3 Å². The predicted octanol–water partition coefficient (Wildman–Crippen LogP) is 3.97. The summed E-state index contributed by atoms with van der Waals surface area (Å²) in [6.07, 6.45) is 7.81. The van der Waals surface area contributed by atoms with Crippen molar-refractivity contribution in [1.82, 2.24) is 0 Å². The van der Waals surface area contributed by atoms with Crippen molar-refractivity contribution in [2.24, 2.45) is 40.4 Å². The average Bonchev–Trinajstić information content (AvgIpc) is 3.16. The number of aliphatic hydroxyl groups excluding tert-OH is 1. The summed E-state index contributed by atoms with van der Waals surface area (Å²) in [5, 5.41) is 10.4. The first-order chi connectivity index (χ1) is 11.7. The van der Waals surface area contributed by atoms with Crippen LogP contribution in [0, 0.1) is 40.4 Å². The molecule has 0 aromatic carbocycles. The van der Waals surface area contributed by atoms with Gasteiger partial charge in [-0.3, -0.25) is 4.79 Å². The first kappa shape index (κ1) is 16.7. The van der Waals surface area contributed by atoms with E-state index in [9.17, 15) is 9.90 Å². The monoisotopic (exact) mass is 346 g/mol. The zero-order valence-electron chi connectivity index (χ0n) is 16.3. The van der Waals surface area contributed by atoms with Crippen LogP contribution >= 0.6 is 0 Å². The fourth-order valence-corrected chi connectivity index (χ4v) is 8.91. The SMILES string of the molecule is CC(=O)[C@H]1C[C@H](C)[C@H]2[C@@H]3C[C@@H]4O[C@@]45CC[C@H](O)C[C@]5(C)[C@@H]3CC[C@@]21C. The fraction of sp³-hybridized carbons (Fsp3) is 0.955. The predicted molar refractivity (Wildman–Crippen MR) is 95.9 cm³/mol. The van der Waals surface area contributed by atoms with Crippen LogP contribution < -0.4 is 0 Å². The van der Waals surface area contributed by atoms with E-state index in [1.165, 1.54) is 19.3 Å². The van der Waals surface area contributed by atoms with Crippen LogP contribution in [0.3, 0.4) is 0 Å². The first-order valence-corrected chi connectivity index (χ1v) is 10.6. The van der Waals surface area contributed by atoms with E-state index in [1.54, 1.807) is 0 Å². The molecule has 1 spiro atoms. The van der Waals surface area contributed by atoms with Gasteiger partial charge in [-0.25, -0.2) is 0 Å². The van der Waals surface area contributed by atoms with Gasteiger partial charge >= 0.3 is 0 Å². The molecule has 0 bridgehead atoms. The van der Waals surface area contributed by atoms with E-state index in [0.29, 0.717) is 35.6 Å². The van der Waals surface area contributed by atoms with Gasteiger partial charge in [0.2, 0.25) is 0 Å². The second-order valence-electron chi connectivity index (χ2n) is 10.8. The van der Waals surface area contributed by atoms with Crippen molar-refractivity contribution in [2.75, 3.05) is 0 Å². The highest BCUT2D eigenvalue weighted by molar-refractivity contribution is 5.79. The number of carbonyl (C=O) groups is 1. The van der Waals surface area contributed by atoms with E-state index in [1.807, 2.05) is 6.92 Å². The van der Waals surface area contributed by atoms with Crippen molar-refractivity contribution in [2.45, 2.75) is 90.4 Å². The van der Waals surface area contributed by atoms with Gasteiger partial charge in [-0.2, -0.15) is 0 Å². The number of carbonyl (C=O) groups excluding carboxylic acids is 1. The second-order valence-corrected chi connectivity index (χ2v) is 10.8. The number of rotatable bonds is 1. The normalized spacial score (nSPS) is 62.4. The zero-order chi connectivity index (χ0) is 17.8. The Morgan fingerprint density at radius 3 is 2.64 bits per heavy atom.